The van der Waals surface area contributed by atoms with E-state index < -0.39 is 11.7 Å². The van der Waals surface area contributed by atoms with Crippen LogP contribution in [0.15, 0.2) is 30.3 Å². The summed E-state index contributed by atoms with van der Waals surface area (Å²) in [6, 6.07) is 10.1. The molecule has 1 aromatic rings. The highest BCUT2D eigenvalue weighted by Crippen LogP contribution is 2.06. The Balaban J connectivity index is 2.17. The number of alkyl carbamates (subject to hydrolysis) is 1. The van der Waals surface area contributed by atoms with E-state index in [1.54, 1.807) is 13.8 Å². The van der Waals surface area contributed by atoms with Crippen molar-refractivity contribution >= 4 is 6.09 Å². The topological polar surface area (TPSA) is 38.3 Å². The smallest absolute Gasteiger partial charge is 0.407 e. The zero-order valence-electron chi connectivity index (χ0n) is 11.5. The third-order valence-corrected chi connectivity index (χ3v) is 2.12. The SMILES string of the molecule is [2H]CC(C)(C)OC(=O)NCCCc1ccccc1. The highest BCUT2D eigenvalue weighted by atomic mass is 16.6. The first-order valence-corrected chi connectivity index (χ1v) is 5.83. The van der Waals surface area contributed by atoms with Gasteiger partial charge in [0.2, 0.25) is 0 Å². The second-order valence-corrected chi connectivity index (χ2v) is 4.67. The molecule has 1 aromatic carbocycles. The van der Waals surface area contributed by atoms with Crippen molar-refractivity contribution in [1.82, 2.24) is 5.32 Å². The van der Waals surface area contributed by atoms with Crippen LogP contribution in [0, 0.1) is 0 Å². The van der Waals surface area contributed by atoms with Crippen molar-refractivity contribution in [2.24, 2.45) is 0 Å². The highest BCUT2D eigenvalue weighted by Gasteiger charge is 2.15. The standard InChI is InChI=1S/C14H21NO2/c1-14(2,3)17-13(16)15-11-7-10-12-8-5-4-6-9-12/h4-6,8-9H,7,10-11H2,1-3H3,(H,15,16)/i1D. The number of aryl methyl sites for hydroxylation is 1. The maximum absolute atomic E-state index is 11.4. The van der Waals surface area contributed by atoms with Gasteiger partial charge >= 0.3 is 6.09 Å². The second kappa shape index (κ2) is 6.28. The Hall–Kier alpha value is -1.51. The minimum Gasteiger partial charge on any atom is -0.444 e. The molecule has 94 valence electrons. The molecule has 1 rings (SSSR count). The van der Waals surface area contributed by atoms with Gasteiger partial charge < -0.3 is 10.1 Å². The number of carbonyl (C=O) groups is 1. The molecule has 3 heteroatoms. The number of rotatable bonds is 4. The van der Waals surface area contributed by atoms with Crippen LogP contribution in [0.5, 0.6) is 0 Å². The van der Waals surface area contributed by atoms with Gasteiger partial charge in [0.15, 0.2) is 0 Å². The van der Waals surface area contributed by atoms with Gasteiger partial charge in [-0.2, -0.15) is 0 Å². The quantitative estimate of drug-likeness (QED) is 0.816. The Labute approximate surface area is 105 Å². The molecule has 0 aliphatic rings. The molecular formula is C14H21NO2. The zero-order valence-corrected chi connectivity index (χ0v) is 10.5. The van der Waals surface area contributed by atoms with Crippen molar-refractivity contribution in [3.05, 3.63) is 35.9 Å². The van der Waals surface area contributed by atoms with E-state index in [1.165, 1.54) is 5.56 Å². The third-order valence-electron chi connectivity index (χ3n) is 2.12. The largest absolute Gasteiger partial charge is 0.444 e. The normalized spacial score (nSPS) is 11.8. The van der Waals surface area contributed by atoms with Crippen LogP contribution in [0.4, 0.5) is 4.79 Å². The fraction of sp³-hybridized carbons (Fsp3) is 0.500. The van der Waals surface area contributed by atoms with E-state index >= 15 is 0 Å². The molecule has 3 nitrogen and oxygen atoms in total. The summed E-state index contributed by atoms with van der Waals surface area (Å²) in [5.74, 6) is 0. The van der Waals surface area contributed by atoms with Crippen molar-refractivity contribution in [3.8, 4) is 0 Å². The van der Waals surface area contributed by atoms with Crippen LogP contribution >= 0.6 is 0 Å². The van der Waals surface area contributed by atoms with Gasteiger partial charge in [-0.25, -0.2) is 4.79 Å². The highest BCUT2D eigenvalue weighted by molar-refractivity contribution is 5.67. The second-order valence-electron chi connectivity index (χ2n) is 4.67. The van der Waals surface area contributed by atoms with Crippen LogP contribution < -0.4 is 5.32 Å². The molecule has 0 aliphatic heterocycles. The Kier molecular flexibility index (Phi) is 4.42. The molecule has 0 aliphatic carbocycles. The summed E-state index contributed by atoms with van der Waals surface area (Å²) >= 11 is 0. The van der Waals surface area contributed by atoms with E-state index in [0.717, 1.165) is 12.8 Å². The minimum absolute atomic E-state index is 0.0600. The van der Waals surface area contributed by atoms with Gasteiger partial charge in [0.25, 0.3) is 0 Å². The van der Waals surface area contributed by atoms with Crippen LogP contribution in [0.1, 0.15) is 34.1 Å². The molecule has 0 fully saturated rings. The van der Waals surface area contributed by atoms with E-state index in [9.17, 15) is 4.79 Å². The molecule has 0 heterocycles. The van der Waals surface area contributed by atoms with Crippen molar-refractivity contribution in [3.63, 3.8) is 0 Å². The van der Waals surface area contributed by atoms with Crippen LogP contribution in [0.3, 0.4) is 0 Å². The van der Waals surface area contributed by atoms with Gasteiger partial charge in [-0.05, 0) is 39.2 Å². The molecule has 0 radical (unpaired) electrons. The third kappa shape index (κ3) is 6.61. The van der Waals surface area contributed by atoms with Gasteiger partial charge in [-0.15, -0.1) is 0 Å². The number of amides is 1. The van der Waals surface area contributed by atoms with E-state index in [1.807, 2.05) is 18.2 Å². The molecule has 0 unspecified atom stereocenters. The first-order valence-electron chi connectivity index (χ1n) is 6.54. The Morgan fingerprint density at radius 2 is 2.12 bits per heavy atom. The first-order chi connectivity index (χ1) is 8.53. The predicted octanol–water partition coefficient (Wildman–Crippen LogP) is 3.14. The summed E-state index contributed by atoms with van der Waals surface area (Å²) in [5.41, 5.74) is 0.544. The average Bonchev–Trinajstić information content (AvgIpc) is 2.35. The van der Waals surface area contributed by atoms with E-state index in [0.29, 0.717) is 6.54 Å². The van der Waals surface area contributed by atoms with Crippen molar-refractivity contribution in [2.75, 3.05) is 6.54 Å². The lowest BCUT2D eigenvalue weighted by Crippen LogP contribution is -2.33. The zero-order chi connectivity index (χ0) is 13.4. The lowest BCUT2D eigenvalue weighted by atomic mass is 10.1. The number of ether oxygens (including phenoxy) is 1. The Bertz CT molecular complexity index is 365. The molecule has 0 bridgehead atoms. The summed E-state index contributed by atoms with van der Waals surface area (Å²) in [4.78, 5) is 11.4. The van der Waals surface area contributed by atoms with Crippen LogP contribution in [-0.2, 0) is 11.2 Å². The van der Waals surface area contributed by atoms with Crippen molar-refractivity contribution in [1.29, 1.82) is 0 Å². The summed E-state index contributed by atoms with van der Waals surface area (Å²) in [5, 5.41) is 2.70. The Morgan fingerprint density at radius 1 is 1.41 bits per heavy atom. The molecule has 0 spiro atoms. The first kappa shape index (κ1) is 12.0. The molecule has 0 aromatic heterocycles. The number of benzene rings is 1. The average molecular weight is 236 g/mol. The van der Waals surface area contributed by atoms with Crippen molar-refractivity contribution in [2.45, 2.75) is 39.2 Å². The maximum Gasteiger partial charge on any atom is 0.407 e. The number of hydrogen-bond acceptors (Lipinski definition) is 2. The van der Waals surface area contributed by atoms with Gasteiger partial charge in [0.1, 0.15) is 5.60 Å². The minimum atomic E-state index is -0.719. The molecular weight excluding hydrogens is 214 g/mol. The van der Waals surface area contributed by atoms with E-state index in [-0.39, 0.29) is 6.90 Å². The van der Waals surface area contributed by atoms with Gasteiger partial charge in [0.05, 0.1) is 0 Å². The van der Waals surface area contributed by atoms with E-state index in [4.69, 9.17) is 6.11 Å². The molecule has 0 saturated carbocycles. The summed E-state index contributed by atoms with van der Waals surface area (Å²) < 4.78 is 12.3. The predicted molar refractivity (Wildman–Crippen MR) is 69.0 cm³/mol. The van der Waals surface area contributed by atoms with Crippen LogP contribution in [-0.4, -0.2) is 18.2 Å². The number of hydrogen-bond donors (Lipinski definition) is 1. The molecule has 0 saturated heterocycles. The Morgan fingerprint density at radius 3 is 2.76 bits per heavy atom. The van der Waals surface area contributed by atoms with Gasteiger partial charge in [-0.1, -0.05) is 30.3 Å². The van der Waals surface area contributed by atoms with E-state index in [2.05, 4.69) is 17.4 Å². The van der Waals surface area contributed by atoms with Crippen molar-refractivity contribution < 1.29 is 10.9 Å². The fourth-order valence-electron chi connectivity index (χ4n) is 1.41. The molecule has 17 heavy (non-hydrogen) atoms. The monoisotopic (exact) mass is 236 g/mol. The summed E-state index contributed by atoms with van der Waals surface area (Å²) in [6.45, 7) is 4.10. The lowest BCUT2D eigenvalue weighted by molar-refractivity contribution is 0.0527. The van der Waals surface area contributed by atoms with Crippen LogP contribution in [0.2, 0.25) is 0 Å². The van der Waals surface area contributed by atoms with Crippen LogP contribution in [0.25, 0.3) is 0 Å². The molecule has 0 atom stereocenters. The maximum atomic E-state index is 11.4. The summed E-state index contributed by atoms with van der Waals surface area (Å²) in [6.07, 6.45) is 1.36. The fourth-order valence-corrected chi connectivity index (χ4v) is 1.41. The lowest BCUT2D eigenvalue weighted by Gasteiger charge is -2.19. The molecule has 1 N–H and O–H groups in total. The number of carbonyl (C=O) groups excluding carboxylic acids is 1. The number of nitrogens with one attached hydrogen (secondary N) is 1. The summed E-state index contributed by atoms with van der Waals surface area (Å²) in [7, 11) is 0. The molecule has 1 amide bonds. The van der Waals surface area contributed by atoms with Gasteiger partial charge in [-0.3, -0.25) is 0 Å². The van der Waals surface area contributed by atoms with Gasteiger partial charge in [0, 0.05) is 7.92 Å².